The van der Waals surface area contributed by atoms with Crippen LogP contribution in [0.1, 0.15) is 17.0 Å². The Bertz CT molecular complexity index is 1160. The molecule has 0 aliphatic rings. The van der Waals surface area contributed by atoms with Crippen LogP contribution in [0.2, 0.25) is 0 Å². The van der Waals surface area contributed by atoms with Crippen molar-refractivity contribution >= 4 is 47.2 Å². The molecule has 0 spiro atoms. The van der Waals surface area contributed by atoms with Crippen LogP contribution in [0.5, 0.6) is 5.75 Å². The quantitative estimate of drug-likeness (QED) is 0.352. The fourth-order valence-electron chi connectivity index (χ4n) is 3.51. The minimum atomic E-state index is -0.438. The number of amides is 1. The molecule has 0 aliphatic heterocycles. The van der Waals surface area contributed by atoms with Crippen LogP contribution in [-0.4, -0.2) is 24.0 Å². The predicted octanol–water partition coefficient (Wildman–Crippen LogP) is 5.38. The highest BCUT2D eigenvalue weighted by Crippen LogP contribution is 2.23. The summed E-state index contributed by atoms with van der Waals surface area (Å²) in [5.41, 5.74) is 8.77. The molecule has 0 saturated heterocycles. The second-order valence-electron chi connectivity index (χ2n) is 7.37. The number of hydrogen-bond acceptors (Lipinski definition) is 4. The predicted molar refractivity (Wildman–Crippen MR) is 139 cm³/mol. The van der Waals surface area contributed by atoms with E-state index in [1.54, 1.807) is 12.4 Å². The van der Waals surface area contributed by atoms with Crippen molar-refractivity contribution in [2.75, 3.05) is 18.5 Å². The van der Waals surface area contributed by atoms with Crippen molar-refractivity contribution < 1.29 is 9.53 Å². The molecule has 1 heterocycles. The summed E-state index contributed by atoms with van der Waals surface area (Å²) in [5, 5.41) is 5.03. The number of carbonyl (C=O) groups excluding carboxylic acids is 1. The number of benzene rings is 3. The van der Waals surface area contributed by atoms with E-state index in [9.17, 15) is 4.79 Å². The Labute approximate surface area is 206 Å². The topological polar surface area (TPSA) is 77.2 Å². The molecule has 4 rings (SSSR count). The molecule has 1 amide bonds. The lowest BCUT2D eigenvalue weighted by molar-refractivity contribution is -0.117. The van der Waals surface area contributed by atoms with Gasteiger partial charge in [-0.1, -0.05) is 48.5 Å². The first-order valence-electron chi connectivity index (χ1n) is 10.3. The minimum Gasteiger partial charge on any atom is -0.493 e. The van der Waals surface area contributed by atoms with E-state index < -0.39 is 5.92 Å². The van der Waals surface area contributed by atoms with Gasteiger partial charge in [0.2, 0.25) is 5.91 Å². The SMILES string of the molecule is Cl.Cl.NCC(C(=O)Nc1ccc2cnccc2c1)c1ccc(OCCc2ccccc2)cc1. The number of carbonyl (C=O) groups is 1. The third-order valence-corrected chi connectivity index (χ3v) is 5.25. The van der Waals surface area contributed by atoms with Crippen LogP contribution in [0, 0.1) is 0 Å². The van der Waals surface area contributed by atoms with Crippen LogP contribution in [0.25, 0.3) is 10.8 Å². The number of pyridine rings is 1. The van der Waals surface area contributed by atoms with Gasteiger partial charge in [-0.2, -0.15) is 0 Å². The summed E-state index contributed by atoms with van der Waals surface area (Å²) in [7, 11) is 0. The normalized spacial score (nSPS) is 11.1. The Kier molecular flexibility index (Phi) is 10.1. The Balaban J connectivity index is 0.00000193. The maximum absolute atomic E-state index is 12.9. The lowest BCUT2D eigenvalue weighted by Crippen LogP contribution is -2.27. The Morgan fingerprint density at radius 2 is 1.70 bits per heavy atom. The number of nitrogens with two attached hydrogens (primary N) is 1. The molecular formula is C26H27Cl2N3O2. The molecule has 1 aromatic heterocycles. The van der Waals surface area contributed by atoms with Crippen molar-refractivity contribution in [3.05, 3.63) is 102 Å². The molecular weight excluding hydrogens is 457 g/mol. The van der Waals surface area contributed by atoms with E-state index in [-0.39, 0.29) is 37.3 Å². The van der Waals surface area contributed by atoms with Crippen LogP contribution in [0.15, 0.2) is 91.3 Å². The van der Waals surface area contributed by atoms with Crippen molar-refractivity contribution in [1.82, 2.24) is 4.98 Å². The fourth-order valence-corrected chi connectivity index (χ4v) is 3.51. The number of fused-ring (bicyclic) bond motifs is 1. The van der Waals surface area contributed by atoms with E-state index in [0.717, 1.165) is 34.2 Å². The van der Waals surface area contributed by atoms with Gasteiger partial charge in [0.1, 0.15) is 5.75 Å². The zero-order chi connectivity index (χ0) is 21.5. The molecule has 1 unspecified atom stereocenters. The fraction of sp³-hybridized carbons (Fsp3) is 0.154. The number of hydrogen-bond donors (Lipinski definition) is 2. The largest absolute Gasteiger partial charge is 0.493 e. The van der Waals surface area contributed by atoms with E-state index in [1.165, 1.54) is 5.56 Å². The average molecular weight is 484 g/mol. The Hall–Kier alpha value is -3.12. The van der Waals surface area contributed by atoms with Gasteiger partial charge in [-0.05, 0) is 46.8 Å². The third-order valence-electron chi connectivity index (χ3n) is 5.25. The molecule has 0 radical (unpaired) electrons. The van der Waals surface area contributed by atoms with Crippen molar-refractivity contribution in [3.8, 4) is 5.75 Å². The van der Waals surface area contributed by atoms with E-state index in [0.29, 0.717) is 6.61 Å². The maximum Gasteiger partial charge on any atom is 0.233 e. The average Bonchev–Trinajstić information content (AvgIpc) is 2.81. The smallest absolute Gasteiger partial charge is 0.233 e. The summed E-state index contributed by atoms with van der Waals surface area (Å²) in [6.45, 7) is 0.819. The number of nitrogens with zero attached hydrogens (tertiary/aromatic N) is 1. The van der Waals surface area contributed by atoms with Gasteiger partial charge >= 0.3 is 0 Å². The van der Waals surface area contributed by atoms with E-state index in [4.69, 9.17) is 10.5 Å². The molecule has 33 heavy (non-hydrogen) atoms. The lowest BCUT2D eigenvalue weighted by Gasteiger charge is -2.16. The summed E-state index contributed by atoms with van der Waals surface area (Å²) in [6.07, 6.45) is 4.38. The summed E-state index contributed by atoms with van der Waals surface area (Å²) in [6, 6.07) is 25.5. The van der Waals surface area contributed by atoms with Crippen LogP contribution in [0.3, 0.4) is 0 Å². The van der Waals surface area contributed by atoms with Gasteiger partial charge in [0.05, 0.1) is 12.5 Å². The van der Waals surface area contributed by atoms with Crippen LogP contribution in [0.4, 0.5) is 5.69 Å². The highest BCUT2D eigenvalue weighted by molar-refractivity contribution is 5.98. The molecule has 3 N–H and O–H groups in total. The number of ether oxygens (including phenoxy) is 1. The number of rotatable bonds is 8. The van der Waals surface area contributed by atoms with E-state index in [1.807, 2.05) is 66.7 Å². The van der Waals surface area contributed by atoms with Crippen LogP contribution in [-0.2, 0) is 11.2 Å². The van der Waals surface area contributed by atoms with E-state index in [2.05, 4.69) is 22.4 Å². The molecule has 172 valence electrons. The second-order valence-corrected chi connectivity index (χ2v) is 7.37. The third kappa shape index (κ3) is 6.93. The van der Waals surface area contributed by atoms with Crippen molar-refractivity contribution in [2.45, 2.75) is 12.3 Å². The van der Waals surface area contributed by atoms with Gasteiger partial charge in [0, 0.05) is 36.4 Å². The molecule has 0 fully saturated rings. The Morgan fingerprint density at radius 3 is 2.42 bits per heavy atom. The Morgan fingerprint density at radius 1 is 0.939 bits per heavy atom. The standard InChI is InChI=1S/C26H25N3O2.2ClH/c27-17-25(26(30)29-23-9-6-22-18-28-14-12-21(22)16-23)20-7-10-24(11-8-20)31-15-13-19-4-2-1-3-5-19;;/h1-12,14,16,18,25H,13,15,17,27H2,(H,29,30);2*1H. The minimum absolute atomic E-state index is 0. The molecule has 5 nitrogen and oxygen atoms in total. The summed E-state index contributed by atoms with van der Waals surface area (Å²) < 4.78 is 5.84. The van der Waals surface area contributed by atoms with Crippen molar-refractivity contribution in [1.29, 1.82) is 0 Å². The van der Waals surface area contributed by atoms with Crippen molar-refractivity contribution in [3.63, 3.8) is 0 Å². The molecule has 7 heteroatoms. The number of anilines is 1. The molecule has 0 aliphatic carbocycles. The van der Waals surface area contributed by atoms with Gasteiger partial charge in [0.15, 0.2) is 0 Å². The highest BCUT2D eigenvalue weighted by Gasteiger charge is 2.19. The van der Waals surface area contributed by atoms with Crippen LogP contribution < -0.4 is 15.8 Å². The zero-order valence-electron chi connectivity index (χ0n) is 18.0. The summed E-state index contributed by atoms with van der Waals surface area (Å²) in [5.74, 6) is 0.208. The number of halogens is 2. The highest BCUT2D eigenvalue weighted by atomic mass is 35.5. The lowest BCUT2D eigenvalue weighted by atomic mass is 9.98. The van der Waals surface area contributed by atoms with Gasteiger partial charge < -0.3 is 15.8 Å². The monoisotopic (exact) mass is 483 g/mol. The maximum atomic E-state index is 12.9. The van der Waals surface area contributed by atoms with Crippen molar-refractivity contribution in [2.24, 2.45) is 5.73 Å². The second kappa shape index (κ2) is 12.8. The van der Waals surface area contributed by atoms with Gasteiger partial charge in [0.25, 0.3) is 0 Å². The first kappa shape index (κ1) is 26.1. The van der Waals surface area contributed by atoms with Gasteiger partial charge in [-0.3, -0.25) is 9.78 Å². The van der Waals surface area contributed by atoms with E-state index >= 15 is 0 Å². The van der Waals surface area contributed by atoms with Gasteiger partial charge in [-0.15, -0.1) is 24.8 Å². The summed E-state index contributed by atoms with van der Waals surface area (Å²) in [4.78, 5) is 17.0. The molecule has 4 aromatic rings. The zero-order valence-corrected chi connectivity index (χ0v) is 19.6. The number of aromatic nitrogens is 1. The van der Waals surface area contributed by atoms with Crippen LogP contribution >= 0.6 is 24.8 Å². The first-order valence-corrected chi connectivity index (χ1v) is 10.3. The molecule has 1 atom stereocenters. The molecule has 0 saturated carbocycles. The number of nitrogens with one attached hydrogen (secondary N) is 1. The summed E-state index contributed by atoms with van der Waals surface area (Å²) >= 11 is 0. The first-order chi connectivity index (χ1) is 15.2. The molecule has 3 aromatic carbocycles. The molecule has 0 bridgehead atoms. The van der Waals surface area contributed by atoms with Gasteiger partial charge in [-0.25, -0.2) is 0 Å².